The molecule has 1 aromatic rings. The van der Waals surface area contributed by atoms with Crippen molar-refractivity contribution in [2.75, 3.05) is 6.54 Å². The molecule has 4 nitrogen and oxygen atoms in total. The fourth-order valence-electron chi connectivity index (χ4n) is 3.34. The second kappa shape index (κ2) is 6.04. The lowest BCUT2D eigenvalue weighted by Gasteiger charge is -2.23. The van der Waals surface area contributed by atoms with E-state index in [-0.39, 0.29) is 0 Å². The van der Waals surface area contributed by atoms with E-state index in [0.717, 1.165) is 18.3 Å². The van der Waals surface area contributed by atoms with Crippen molar-refractivity contribution in [1.29, 1.82) is 0 Å². The molecular formula is C15H25N3O. The summed E-state index contributed by atoms with van der Waals surface area (Å²) in [5.41, 5.74) is 0. The maximum absolute atomic E-state index is 5.59. The fraction of sp³-hybridized carbons (Fsp3) is 0.867. The Morgan fingerprint density at radius 1 is 1.11 bits per heavy atom. The molecule has 3 rings (SSSR count). The van der Waals surface area contributed by atoms with E-state index in [4.69, 9.17) is 9.51 Å². The van der Waals surface area contributed by atoms with Gasteiger partial charge in [0.2, 0.25) is 5.89 Å². The summed E-state index contributed by atoms with van der Waals surface area (Å²) in [7, 11) is 0. The van der Waals surface area contributed by atoms with Gasteiger partial charge in [-0.25, -0.2) is 0 Å². The Bertz CT molecular complexity index is 400. The maximum atomic E-state index is 5.59. The smallest absolute Gasteiger partial charge is 0.231 e. The Kier molecular flexibility index (Phi) is 4.16. The molecule has 1 heterocycles. The van der Waals surface area contributed by atoms with Gasteiger partial charge < -0.3 is 9.84 Å². The highest BCUT2D eigenvalue weighted by molar-refractivity contribution is 5.05. The van der Waals surface area contributed by atoms with Crippen LogP contribution in [-0.2, 0) is 0 Å². The van der Waals surface area contributed by atoms with E-state index in [1.165, 1.54) is 51.4 Å². The highest BCUT2D eigenvalue weighted by atomic mass is 16.5. The molecular weight excluding hydrogens is 238 g/mol. The molecule has 1 N–H and O–H groups in total. The van der Waals surface area contributed by atoms with Gasteiger partial charge in [0.25, 0.3) is 0 Å². The molecule has 19 heavy (non-hydrogen) atoms. The molecule has 2 saturated carbocycles. The van der Waals surface area contributed by atoms with Crippen LogP contribution in [0.2, 0.25) is 0 Å². The molecule has 0 aromatic carbocycles. The number of nitrogens with one attached hydrogen (secondary N) is 1. The first-order chi connectivity index (χ1) is 9.38. The molecule has 1 aromatic heterocycles. The van der Waals surface area contributed by atoms with Crippen LogP contribution in [0.4, 0.5) is 0 Å². The Morgan fingerprint density at radius 2 is 1.95 bits per heavy atom. The largest absolute Gasteiger partial charge is 0.339 e. The van der Waals surface area contributed by atoms with Crippen molar-refractivity contribution in [2.45, 2.75) is 76.2 Å². The van der Waals surface area contributed by atoms with Crippen LogP contribution in [0.5, 0.6) is 0 Å². The lowest BCUT2D eigenvalue weighted by Crippen LogP contribution is -2.34. The molecule has 0 bridgehead atoms. The highest BCUT2D eigenvalue weighted by Crippen LogP contribution is 2.36. The molecule has 2 unspecified atom stereocenters. The summed E-state index contributed by atoms with van der Waals surface area (Å²) < 4.78 is 5.59. The van der Waals surface area contributed by atoms with Crippen molar-refractivity contribution < 1.29 is 4.52 Å². The van der Waals surface area contributed by atoms with E-state index in [1.54, 1.807) is 0 Å². The van der Waals surface area contributed by atoms with Gasteiger partial charge >= 0.3 is 0 Å². The zero-order valence-corrected chi connectivity index (χ0v) is 11.9. The molecule has 0 radical (unpaired) electrons. The van der Waals surface area contributed by atoms with Crippen molar-refractivity contribution in [1.82, 2.24) is 15.5 Å². The summed E-state index contributed by atoms with van der Waals surface area (Å²) in [4.78, 5) is 4.71. The lowest BCUT2D eigenvalue weighted by molar-refractivity contribution is 0.299. The molecule has 0 saturated heterocycles. The third-order valence-electron chi connectivity index (χ3n) is 4.73. The number of hydrogen-bond donors (Lipinski definition) is 1. The van der Waals surface area contributed by atoms with Gasteiger partial charge in [0.15, 0.2) is 5.82 Å². The predicted octanol–water partition coefficient (Wildman–Crippen LogP) is 3.36. The third-order valence-corrected chi connectivity index (χ3v) is 4.73. The van der Waals surface area contributed by atoms with Crippen LogP contribution < -0.4 is 5.32 Å². The number of likely N-dealkylation sites (N-methyl/N-ethyl adjacent to an activating group) is 1. The molecule has 2 atom stereocenters. The van der Waals surface area contributed by atoms with Gasteiger partial charge in [-0.05, 0) is 32.2 Å². The Morgan fingerprint density at radius 3 is 2.68 bits per heavy atom. The molecule has 0 amide bonds. The number of hydrogen-bond acceptors (Lipinski definition) is 4. The Balaban J connectivity index is 1.74. The summed E-state index contributed by atoms with van der Waals surface area (Å²) in [5, 5.41) is 7.84. The molecule has 106 valence electrons. The minimum atomic E-state index is 0.420. The SMILES string of the molecule is CCNC1CCCCCC1c1nc(C2CCC2)no1. The van der Waals surface area contributed by atoms with E-state index in [0.29, 0.717) is 17.9 Å². The van der Waals surface area contributed by atoms with Crippen molar-refractivity contribution in [2.24, 2.45) is 0 Å². The van der Waals surface area contributed by atoms with E-state index < -0.39 is 0 Å². The first-order valence-corrected chi connectivity index (χ1v) is 7.95. The Labute approximate surface area is 115 Å². The van der Waals surface area contributed by atoms with E-state index in [2.05, 4.69) is 17.4 Å². The lowest BCUT2D eigenvalue weighted by atomic mass is 9.85. The summed E-state index contributed by atoms with van der Waals surface area (Å²) in [6.07, 6.45) is 10.1. The van der Waals surface area contributed by atoms with Crippen LogP contribution in [0.1, 0.15) is 81.8 Å². The van der Waals surface area contributed by atoms with Gasteiger partial charge in [-0.1, -0.05) is 37.8 Å². The summed E-state index contributed by atoms with van der Waals surface area (Å²) in [5.74, 6) is 2.83. The van der Waals surface area contributed by atoms with Gasteiger partial charge in [-0.2, -0.15) is 4.98 Å². The molecule has 2 fully saturated rings. The molecule has 0 spiro atoms. The number of nitrogens with zero attached hydrogens (tertiary/aromatic N) is 2. The zero-order chi connectivity index (χ0) is 13.1. The topological polar surface area (TPSA) is 51.0 Å². The second-order valence-electron chi connectivity index (χ2n) is 6.03. The zero-order valence-electron chi connectivity index (χ0n) is 11.9. The van der Waals surface area contributed by atoms with Gasteiger partial charge in [-0.3, -0.25) is 0 Å². The van der Waals surface area contributed by atoms with E-state index in [9.17, 15) is 0 Å². The summed E-state index contributed by atoms with van der Waals surface area (Å²) >= 11 is 0. The molecule has 2 aliphatic rings. The molecule has 4 heteroatoms. The van der Waals surface area contributed by atoms with Crippen LogP contribution in [0, 0.1) is 0 Å². The number of rotatable bonds is 4. The van der Waals surface area contributed by atoms with Crippen LogP contribution in [-0.4, -0.2) is 22.7 Å². The van der Waals surface area contributed by atoms with Crippen LogP contribution in [0.25, 0.3) is 0 Å². The summed E-state index contributed by atoms with van der Waals surface area (Å²) in [6.45, 7) is 3.19. The average molecular weight is 263 g/mol. The number of aromatic nitrogens is 2. The minimum absolute atomic E-state index is 0.420. The third kappa shape index (κ3) is 2.83. The highest BCUT2D eigenvalue weighted by Gasteiger charge is 2.31. The van der Waals surface area contributed by atoms with Crippen LogP contribution in [0.15, 0.2) is 4.52 Å². The van der Waals surface area contributed by atoms with Gasteiger partial charge in [-0.15, -0.1) is 0 Å². The van der Waals surface area contributed by atoms with Crippen LogP contribution in [0.3, 0.4) is 0 Å². The Hall–Kier alpha value is -0.900. The van der Waals surface area contributed by atoms with Gasteiger partial charge in [0.1, 0.15) is 0 Å². The van der Waals surface area contributed by atoms with Gasteiger partial charge in [0, 0.05) is 12.0 Å². The fourth-order valence-corrected chi connectivity index (χ4v) is 3.34. The van der Waals surface area contributed by atoms with Gasteiger partial charge in [0.05, 0.1) is 5.92 Å². The van der Waals surface area contributed by atoms with E-state index >= 15 is 0 Å². The molecule has 2 aliphatic carbocycles. The summed E-state index contributed by atoms with van der Waals surface area (Å²) in [6, 6.07) is 0.516. The van der Waals surface area contributed by atoms with Crippen LogP contribution >= 0.6 is 0 Å². The normalized spacial score (nSPS) is 28.9. The van der Waals surface area contributed by atoms with Crippen molar-refractivity contribution in [3.8, 4) is 0 Å². The average Bonchev–Trinajstić information content (AvgIpc) is 2.68. The van der Waals surface area contributed by atoms with Crippen molar-refractivity contribution in [3.63, 3.8) is 0 Å². The second-order valence-corrected chi connectivity index (χ2v) is 6.03. The van der Waals surface area contributed by atoms with E-state index in [1.807, 2.05) is 0 Å². The molecule has 0 aliphatic heterocycles. The minimum Gasteiger partial charge on any atom is -0.339 e. The first kappa shape index (κ1) is 13.1. The standard InChI is InChI=1S/C15H25N3O/c1-2-16-13-10-5-3-4-9-12(13)15-17-14(18-19-15)11-7-6-8-11/h11-13,16H,2-10H2,1H3. The predicted molar refractivity (Wildman–Crippen MR) is 74.2 cm³/mol. The monoisotopic (exact) mass is 263 g/mol. The first-order valence-electron chi connectivity index (χ1n) is 7.95. The van der Waals surface area contributed by atoms with Crippen molar-refractivity contribution >= 4 is 0 Å². The van der Waals surface area contributed by atoms with Crippen molar-refractivity contribution in [3.05, 3.63) is 11.7 Å². The maximum Gasteiger partial charge on any atom is 0.231 e. The quantitative estimate of drug-likeness (QED) is 0.846.